The number of carbonyl (C=O) groups is 1. The van der Waals surface area contributed by atoms with Gasteiger partial charge in [0.15, 0.2) is 0 Å². The van der Waals surface area contributed by atoms with E-state index in [4.69, 9.17) is 5.11 Å². The zero-order valence-electron chi connectivity index (χ0n) is 9.54. The van der Waals surface area contributed by atoms with Crippen LogP contribution in [0, 0.1) is 5.82 Å². The van der Waals surface area contributed by atoms with Crippen molar-refractivity contribution < 1.29 is 14.3 Å². The summed E-state index contributed by atoms with van der Waals surface area (Å²) in [5.41, 5.74) is 0.272. The topological polar surface area (TPSA) is 49.3 Å². The second-order valence-corrected chi connectivity index (χ2v) is 4.66. The molecule has 1 aromatic carbocycles. The van der Waals surface area contributed by atoms with Gasteiger partial charge in [-0.3, -0.25) is 4.79 Å². The van der Waals surface area contributed by atoms with Gasteiger partial charge in [-0.05, 0) is 31.0 Å². The third kappa shape index (κ3) is 4.44. The molecule has 0 aromatic heterocycles. The Morgan fingerprint density at radius 2 is 2.24 bits per heavy atom. The molecule has 0 aliphatic rings. The highest BCUT2D eigenvalue weighted by atomic mass is 79.9. The fourth-order valence-electron chi connectivity index (χ4n) is 1.49. The van der Waals surface area contributed by atoms with Gasteiger partial charge >= 0.3 is 0 Å². The molecule has 1 unspecified atom stereocenters. The summed E-state index contributed by atoms with van der Waals surface area (Å²) in [5, 5.41) is 11.6. The number of aliphatic hydroxyl groups is 1. The second-order valence-electron chi connectivity index (χ2n) is 3.75. The number of hydrogen-bond acceptors (Lipinski definition) is 2. The van der Waals surface area contributed by atoms with Crippen LogP contribution in [0.3, 0.4) is 0 Å². The maximum Gasteiger partial charge on any atom is 0.251 e. The van der Waals surface area contributed by atoms with E-state index in [0.717, 1.165) is 6.42 Å². The lowest BCUT2D eigenvalue weighted by atomic mass is 10.1. The molecule has 1 amide bonds. The van der Waals surface area contributed by atoms with Crippen LogP contribution in [0.4, 0.5) is 4.39 Å². The zero-order chi connectivity index (χ0) is 12.8. The highest BCUT2D eigenvalue weighted by Gasteiger charge is 2.13. The van der Waals surface area contributed by atoms with Crippen LogP contribution in [0.15, 0.2) is 22.7 Å². The standard InChI is InChI=1S/C12H15BrFNO2/c1-2-11(3-4-16)15-12(17)8-5-9(13)7-10(14)6-8/h5-7,11,16H,2-4H2,1H3,(H,15,17). The van der Waals surface area contributed by atoms with Crippen molar-refractivity contribution in [3.8, 4) is 0 Å². The lowest BCUT2D eigenvalue weighted by Crippen LogP contribution is -2.35. The summed E-state index contributed by atoms with van der Waals surface area (Å²) in [6.07, 6.45) is 1.22. The van der Waals surface area contributed by atoms with Gasteiger partial charge in [0.05, 0.1) is 0 Å². The largest absolute Gasteiger partial charge is 0.396 e. The Balaban J connectivity index is 2.75. The van der Waals surface area contributed by atoms with Crippen molar-refractivity contribution in [1.29, 1.82) is 0 Å². The van der Waals surface area contributed by atoms with Gasteiger partial charge in [0.2, 0.25) is 0 Å². The predicted molar refractivity (Wildman–Crippen MR) is 67.3 cm³/mol. The van der Waals surface area contributed by atoms with E-state index in [-0.39, 0.29) is 24.1 Å². The lowest BCUT2D eigenvalue weighted by Gasteiger charge is -2.15. The van der Waals surface area contributed by atoms with Gasteiger partial charge in [0, 0.05) is 22.7 Å². The Labute approximate surface area is 108 Å². The molecule has 1 aromatic rings. The first-order valence-corrected chi connectivity index (χ1v) is 6.24. The van der Waals surface area contributed by atoms with Crippen LogP contribution in [0.5, 0.6) is 0 Å². The Kier molecular flexibility index (Phi) is 5.58. The lowest BCUT2D eigenvalue weighted by molar-refractivity contribution is 0.0928. The smallest absolute Gasteiger partial charge is 0.251 e. The number of benzene rings is 1. The molecule has 0 saturated carbocycles. The first-order valence-electron chi connectivity index (χ1n) is 5.44. The number of carbonyl (C=O) groups excluding carboxylic acids is 1. The van der Waals surface area contributed by atoms with Crippen LogP contribution in [-0.4, -0.2) is 23.7 Å². The molecular weight excluding hydrogens is 289 g/mol. The molecule has 1 rings (SSSR count). The number of halogens is 2. The summed E-state index contributed by atoms with van der Waals surface area (Å²) in [5.74, 6) is -0.787. The number of aliphatic hydroxyl groups excluding tert-OH is 1. The molecule has 1 atom stereocenters. The summed E-state index contributed by atoms with van der Waals surface area (Å²) in [4.78, 5) is 11.8. The van der Waals surface area contributed by atoms with E-state index < -0.39 is 5.82 Å². The number of rotatable bonds is 5. The Morgan fingerprint density at radius 1 is 1.53 bits per heavy atom. The summed E-state index contributed by atoms with van der Waals surface area (Å²) in [7, 11) is 0. The van der Waals surface area contributed by atoms with E-state index in [9.17, 15) is 9.18 Å². The quantitative estimate of drug-likeness (QED) is 0.878. The van der Waals surface area contributed by atoms with E-state index in [1.807, 2.05) is 6.92 Å². The van der Waals surface area contributed by atoms with Crippen molar-refractivity contribution in [2.24, 2.45) is 0 Å². The van der Waals surface area contributed by atoms with Gasteiger partial charge in [0.25, 0.3) is 5.91 Å². The molecule has 3 nitrogen and oxygen atoms in total. The fraction of sp³-hybridized carbons (Fsp3) is 0.417. The minimum atomic E-state index is -0.459. The molecule has 2 N–H and O–H groups in total. The maximum atomic E-state index is 13.1. The number of nitrogens with one attached hydrogen (secondary N) is 1. The number of amides is 1. The summed E-state index contributed by atoms with van der Waals surface area (Å²) >= 11 is 3.14. The second kappa shape index (κ2) is 6.71. The van der Waals surface area contributed by atoms with E-state index in [1.165, 1.54) is 12.1 Å². The van der Waals surface area contributed by atoms with Crippen molar-refractivity contribution in [2.75, 3.05) is 6.61 Å². The fourth-order valence-corrected chi connectivity index (χ4v) is 1.95. The van der Waals surface area contributed by atoms with E-state index in [0.29, 0.717) is 10.9 Å². The first-order chi connectivity index (χ1) is 8.06. The minimum absolute atomic E-state index is 0.0195. The predicted octanol–water partition coefficient (Wildman–Crippen LogP) is 2.48. The molecule has 0 aliphatic heterocycles. The van der Waals surface area contributed by atoms with Gasteiger partial charge in [-0.25, -0.2) is 4.39 Å². The molecule has 0 spiro atoms. The van der Waals surface area contributed by atoms with Crippen LogP contribution in [0.25, 0.3) is 0 Å². The van der Waals surface area contributed by atoms with E-state index in [2.05, 4.69) is 21.2 Å². The average Bonchev–Trinajstić information content (AvgIpc) is 2.27. The molecule has 0 fully saturated rings. The number of hydrogen-bond donors (Lipinski definition) is 2. The average molecular weight is 304 g/mol. The first kappa shape index (κ1) is 14.1. The summed E-state index contributed by atoms with van der Waals surface area (Å²) in [6.45, 7) is 1.94. The molecule has 0 saturated heterocycles. The van der Waals surface area contributed by atoms with Crippen LogP contribution in [0.2, 0.25) is 0 Å². The van der Waals surface area contributed by atoms with Crippen LogP contribution < -0.4 is 5.32 Å². The van der Waals surface area contributed by atoms with Gasteiger partial charge in [-0.2, -0.15) is 0 Å². The molecule has 94 valence electrons. The van der Waals surface area contributed by atoms with Crippen molar-refractivity contribution in [1.82, 2.24) is 5.32 Å². The van der Waals surface area contributed by atoms with Crippen molar-refractivity contribution in [3.63, 3.8) is 0 Å². The SMILES string of the molecule is CCC(CCO)NC(=O)c1cc(F)cc(Br)c1. The Bertz CT molecular complexity index is 378. The molecule has 0 bridgehead atoms. The molecule has 5 heteroatoms. The van der Waals surface area contributed by atoms with Crippen molar-refractivity contribution >= 4 is 21.8 Å². The highest BCUT2D eigenvalue weighted by molar-refractivity contribution is 9.10. The summed E-state index contributed by atoms with van der Waals surface area (Å²) in [6, 6.07) is 3.95. The molecule has 17 heavy (non-hydrogen) atoms. The Morgan fingerprint density at radius 3 is 2.76 bits per heavy atom. The van der Waals surface area contributed by atoms with Crippen molar-refractivity contribution in [2.45, 2.75) is 25.8 Å². The van der Waals surface area contributed by atoms with Gasteiger partial charge in [-0.15, -0.1) is 0 Å². The monoisotopic (exact) mass is 303 g/mol. The van der Waals surface area contributed by atoms with Gasteiger partial charge < -0.3 is 10.4 Å². The van der Waals surface area contributed by atoms with Crippen LogP contribution in [0.1, 0.15) is 30.1 Å². The molecule has 0 aliphatic carbocycles. The van der Waals surface area contributed by atoms with Gasteiger partial charge in [0.1, 0.15) is 5.82 Å². The normalized spacial score (nSPS) is 12.2. The van der Waals surface area contributed by atoms with Crippen LogP contribution >= 0.6 is 15.9 Å². The molecule has 0 heterocycles. The molecule has 0 radical (unpaired) electrons. The third-order valence-corrected chi connectivity index (χ3v) is 2.89. The highest BCUT2D eigenvalue weighted by Crippen LogP contribution is 2.15. The minimum Gasteiger partial charge on any atom is -0.396 e. The van der Waals surface area contributed by atoms with Gasteiger partial charge in [-0.1, -0.05) is 22.9 Å². The third-order valence-electron chi connectivity index (χ3n) is 2.43. The van der Waals surface area contributed by atoms with Crippen LogP contribution in [-0.2, 0) is 0 Å². The Hall–Kier alpha value is -0.940. The van der Waals surface area contributed by atoms with E-state index in [1.54, 1.807) is 6.07 Å². The maximum absolute atomic E-state index is 13.1. The van der Waals surface area contributed by atoms with Crippen molar-refractivity contribution in [3.05, 3.63) is 34.1 Å². The molecular formula is C12H15BrFNO2. The summed E-state index contributed by atoms with van der Waals surface area (Å²) < 4.78 is 13.6. The zero-order valence-corrected chi connectivity index (χ0v) is 11.1. The van der Waals surface area contributed by atoms with E-state index >= 15 is 0 Å².